The molecule has 0 aromatic heterocycles. The van der Waals surface area contributed by atoms with Gasteiger partial charge in [0.15, 0.2) is 0 Å². The van der Waals surface area contributed by atoms with Crippen molar-refractivity contribution in [2.24, 2.45) is 5.41 Å². The van der Waals surface area contributed by atoms with Gasteiger partial charge in [0.1, 0.15) is 5.76 Å². The summed E-state index contributed by atoms with van der Waals surface area (Å²) in [6, 6.07) is 0. The van der Waals surface area contributed by atoms with Crippen LogP contribution < -0.4 is 0 Å². The van der Waals surface area contributed by atoms with E-state index < -0.39 is 15.8 Å². The predicted molar refractivity (Wildman–Crippen MR) is 57.5 cm³/mol. The van der Waals surface area contributed by atoms with Crippen LogP contribution in [0.25, 0.3) is 0 Å². The van der Waals surface area contributed by atoms with Crippen LogP contribution in [-0.4, -0.2) is 13.0 Å². The second-order valence-corrected chi connectivity index (χ2v) is 5.36. The van der Waals surface area contributed by atoms with Crippen molar-refractivity contribution in [2.45, 2.75) is 34.6 Å². The summed E-state index contributed by atoms with van der Waals surface area (Å²) in [7, 11) is -4.44. The Morgan fingerprint density at radius 2 is 1.60 bits per heavy atom. The van der Waals surface area contributed by atoms with E-state index in [1.165, 1.54) is 0 Å². The summed E-state index contributed by atoms with van der Waals surface area (Å²) in [4.78, 5) is 0. The zero-order chi connectivity index (χ0) is 12.0. The first kappa shape index (κ1) is 12.3. The molecular formula is C10H16O4S. The van der Waals surface area contributed by atoms with Crippen LogP contribution in [0, 0.1) is 5.41 Å². The summed E-state index contributed by atoms with van der Waals surface area (Å²) in [5.41, 5.74) is 2.36. The molecule has 86 valence electrons. The van der Waals surface area contributed by atoms with Crippen molar-refractivity contribution in [3.63, 3.8) is 0 Å². The fourth-order valence-electron chi connectivity index (χ4n) is 1.83. The Balaban J connectivity index is 3.24. The molecule has 0 saturated heterocycles. The topological polar surface area (TPSA) is 63.6 Å². The van der Waals surface area contributed by atoms with E-state index in [0.717, 1.165) is 16.7 Å². The Hall–Kier alpha value is -0.810. The molecule has 0 aromatic rings. The summed E-state index contributed by atoms with van der Waals surface area (Å²) < 4.78 is 34.8. The van der Waals surface area contributed by atoms with Crippen LogP contribution in [0.1, 0.15) is 34.6 Å². The quantitative estimate of drug-likeness (QED) is 0.743. The Morgan fingerprint density at radius 1 is 1.13 bits per heavy atom. The van der Waals surface area contributed by atoms with Crippen LogP contribution in [0.4, 0.5) is 0 Å². The van der Waals surface area contributed by atoms with Gasteiger partial charge in [0.05, 0.1) is 0 Å². The van der Waals surface area contributed by atoms with Gasteiger partial charge in [-0.2, -0.15) is 8.42 Å². The molecule has 0 atom stereocenters. The second-order valence-electron chi connectivity index (χ2n) is 4.34. The minimum absolute atomic E-state index is 0.306. The highest BCUT2D eigenvalue weighted by atomic mass is 32.3. The van der Waals surface area contributed by atoms with E-state index in [1.807, 2.05) is 27.7 Å². The van der Waals surface area contributed by atoms with E-state index in [2.05, 4.69) is 4.18 Å². The van der Waals surface area contributed by atoms with Crippen molar-refractivity contribution in [1.82, 2.24) is 0 Å². The number of hydrogen-bond donors (Lipinski definition) is 1. The summed E-state index contributed by atoms with van der Waals surface area (Å²) in [6.07, 6.45) is 0. The minimum atomic E-state index is -4.44. The summed E-state index contributed by atoms with van der Waals surface area (Å²) in [5.74, 6) is 0.306. The lowest BCUT2D eigenvalue weighted by Gasteiger charge is -2.23. The molecule has 0 heterocycles. The first-order valence-corrected chi connectivity index (χ1v) is 6.00. The summed E-state index contributed by atoms with van der Waals surface area (Å²) in [5, 5.41) is 0. The largest absolute Gasteiger partial charge is 0.446 e. The zero-order valence-corrected chi connectivity index (χ0v) is 10.4. The van der Waals surface area contributed by atoms with Crippen LogP contribution >= 0.6 is 0 Å². The predicted octanol–water partition coefficient (Wildman–Crippen LogP) is 2.46. The normalized spacial score (nSPS) is 21.2. The SMILES string of the molecule is CC1=C(C)C(C)(C)C(OS(=O)(=O)O)=C1C. The van der Waals surface area contributed by atoms with E-state index >= 15 is 0 Å². The molecule has 1 N–H and O–H groups in total. The Bertz CT molecular complexity index is 452. The van der Waals surface area contributed by atoms with Crippen LogP contribution in [-0.2, 0) is 14.6 Å². The first-order valence-electron chi connectivity index (χ1n) is 4.64. The standard InChI is InChI=1S/C10H16O4S/c1-6-7(2)9(14-15(11,12)13)10(4,5)8(6)3/h1-5H3,(H,11,12,13). The lowest BCUT2D eigenvalue weighted by molar-refractivity contribution is 0.273. The third-order valence-electron chi connectivity index (χ3n) is 3.16. The molecule has 0 amide bonds. The van der Waals surface area contributed by atoms with Crippen LogP contribution in [0.5, 0.6) is 0 Å². The molecule has 15 heavy (non-hydrogen) atoms. The van der Waals surface area contributed by atoms with Crippen LogP contribution in [0.15, 0.2) is 22.5 Å². The van der Waals surface area contributed by atoms with Crippen LogP contribution in [0.2, 0.25) is 0 Å². The highest BCUT2D eigenvalue weighted by Gasteiger charge is 2.38. The molecule has 0 fully saturated rings. The first-order chi connectivity index (χ1) is 6.57. The molecule has 0 radical (unpaired) electrons. The van der Waals surface area contributed by atoms with Gasteiger partial charge in [0, 0.05) is 5.41 Å². The van der Waals surface area contributed by atoms with Gasteiger partial charge in [-0.1, -0.05) is 5.57 Å². The Morgan fingerprint density at radius 3 is 1.87 bits per heavy atom. The molecule has 1 rings (SSSR count). The molecule has 0 saturated carbocycles. The Labute approximate surface area is 90.6 Å². The molecule has 4 nitrogen and oxygen atoms in total. The maximum Gasteiger partial charge on any atom is 0.446 e. The fourth-order valence-corrected chi connectivity index (χ4v) is 2.38. The fraction of sp³-hybridized carbons (Fsp3) is 0.600. The van der Waals surface area contributed by atoms with Gasteiger partial charge in [-0.3, -0.25) is 4.55 Å². The maximum atomic E-state index is 10.7. The lowest BCUT2D eigenvalue weighted by atomic mass is 9.86. The van der Waals surface area contributed by atoms with Gasteiger partial charge in [-0.25, -0.2) is 0 Å². The van der Waals surface area contributed by atoms with Crippen molar-refractivity contribution in [3.05, 3.63) is 22.5 Å². The van der Waals surface area contributed by atoms with Gasteiger partial charge in [-0.15, -0.1) is 0 Å². The average Bonchev–Trinajstić information content (AvgIpc) is 2.18. The van der Waals surface area contributed by atoms with E-state index in [0.29, 0.717) is 5.76 Å². The van der Waals surface area contributed by atoms with Crippen molar-refractivity contribution < 1.29 is 17.2 Å². The molecule has 0 spiro atoms. The lowest BCUT2D eigenvalue weighted by Crippen LogP contribution is -2.18. The third kappa shape index (κ3) is 2.08. The van der Waals surface area contributed by atoms with Crippen molar-refractivity contribution >= 4 is 10.4 Å². The van der Waals surface area contributed by atoms with Gasteiger partial charge < -0.3 is 4.18 Å². The van der Waals surface area contributed by atoms with E-state index in [-0.39, 0.29) is 0 Å². The molecule has 0 bridgehead atoms. The second kappa shape index (κ2) is 3.35. The zero-order valence-electron chi connectivity index (χ0n) is 9.58. The molecular weight excluding hydrogens is 216 g/mol. The number of allylic oxidation sites excluding steroid dienone is 3. The van der Waals surface area contributed by atoms with Crippen LogP contribution in [0.3, 0.4) is 0 Å². The highest BCUT2D eigenvalue weighted by Crippen LogP contribution is 2.47. The van der Waals surface area contributed by atoms with Crippen molar-refractivity contribution in [3.8, 4) is 0 Å². The highest BCUT2D eigenvalue weighted by molar-refractivity contribution is 7.81. The van der Waals surface area contributed by atoms with Crippen molar-refractivity contribution in [2.75, 3.05) is 0 Å². The van der Waals surface area contributed by atoms with Gasteiger partial charge in [-0.05, 0) is 45.8 Å². The minimum Gasteiger partial charge on any atom is -0.365 e. The van der Waals surface area contributed by atoms with Gasteiger partial charge in [0.2, 0.25) is 0 Å². The van der Waals surface area contributed by atoms with Gasteiger partial charge >= 0.3 is 10.4 Å². The van der Waals surface area contributed by atoms with E-state index in [4.69, 9.17) is 4.55 Å². The maximum absolute atomic E-state index is 10.7. The average molecular weight is 232 g/mol. The number of hydrogen-bond acceptors (Lipinski definition) is 3. The smallest absolute Gasteiger partial charge is 0.365 e. The molecule has 0 aromatic carbocycles. The summed E-state index contributed by atoms with van der Waals surface area (Å²) in [6.45, 7) is 9.35. The van der Waals surface area contributed by atoms with E-state index in [9.17, 15) is 8.42 Å². The van der Waals surface area contributed by atoms with Crippen molar-refractivity contribution in [1.29, 1.82) is 0 Å². The molecule has 1 aliphatic rings. The third-order valence-corrected chi connectivity index (χ3v) is 3.54. The molecule has 5 heteroatoms. The molecule has 0 aliphatic heterocycles. The molecule has 0 unspecified atom stereocenters. The monoisotopic (exact) mass is 232 g/mol. The van der Waals surface area contributed by atoms with Gasteiger partial charge in [0.25, 0.3) is 0 Å². The summed E-state index contributed by atoms with van der Waals surface area (Å²) >= 11 is 0. The van der Waals surface area contributed by atoms with E-state index in [1.54, 1.807) is 6.92 Å². The molecule has 1 aliphatic carbocycles. The number of rotatable bonds is 2. The Kier molecular flexibility index (Phi) is 2.74.